The summed E-state index contributed by atoms with van der Waals surface area (Å²) in [5.41, 5.74) is 2.52. The van der Waals surface area contributed by atoms with Crippen molar-refractivity contribution in [2.24, 2.45) is 11.1 Å². The number of piperidine rings is 1. The molecule has 5 nitrogen and oxygen atoms in total. The summed E-state index contributed by atoms with van der Waals surface area (Å²) < 4.78 is 5.17. The van der Waals surface area contributed by atoms with Gasteiger partial charge in [-0.15, -0.1) is 0 Å². The summed E-state index contributed by atoms with van der Waals surface area (Å²) in [7, 11) is 0. The van der Waals surface area contributed by atoms with E-state index in [1.807, 2.05) is 6.92 Å². The molecule has 0 N–H and O–H groups in total. The van der Waals surface area contributed by atoms with Gasteiger partial charge < -0.3 is 9.57 Å². The lowest BCUT2D eigenvalue weighted by molar-refractivity contribution is -0.150. The van der Waals surface area contributed by atoms with Gasteiger partial charge in [-0.05, 0) is 51.1 Å². The highest BCUT2D eigenvalue weighted by Gasteiger charge is 2.27. The molecule has 0 radical (unpaired) electrons. The Morgan fingerprint density at radius 3 is 2.85 bits per heavy atom. The Morgan fingerprint density at radius 2 is 2.04 bits per heavy atom. The molecule has 3 rings (SSSR count). The molecule has 2 fully saturated rings. The van der Waals surface area contributed by atoms with Crippen molar-refractivity contribution in [1.82, 2.24) is 4.90 Å². The minimum Gasteiger partial charge on any atom is -0.466 e. The highest BCUT2D eigenvalue weighted by atomic mass is 16.6. The Balaban J connectivity index is 1.47. The Kier molecular flexibility index (Phi) is 7.69. The number of benzene rings is 1. The summed E-state index contributed by atoms with van der Waals surface area (Å²) in [6.07, 6.45) is 6.58. The van der Waals surface area contributed by atoms with Crippen molar-refractivity contribution < 1.29 is 14.4 Å². The summed E-state index contributed by atoms with van der Waals surface area (Å²) in [6.45, 7) is 5.48. The van der Waals surface area contributed by atoms with E-state index in [-0.39, 0.29) is 11.9 Å². The number of nitrogens with zero attached hydrogens (tertiary/aromatic N) is 2. The van der Waals surface area contributed by atoms with Crippen molar-refractivity contribution in [2.75, 3.05) is 32.8 Å². The first-order valence-corrected chi connectivity index (χ1v) is 10.4. The van der Waals surface area contributed by atoms with Crippen molar-refractivity contribution >= 4 is 11.7 Å². The van der Waals surface area contributed by atoms with Crippen molar-refractivity contribution in [1.29, 1.82) is 0 Å². The van der Waals surface area contributed by atoms with Gasteiger partial charge in [0.1, 0.15) is 6.61 Å². The first-order valence-electron chi connectivity index (χ1n) is 10.4. The lowest BCUT2D eigenvalue weighted by Crippen LogP contribution is -2.40. The van der Waals surface area contributed by atoms with Gasteiger partial charge in [-0.1, -0.05) is 41.9 Å². The minimum absolute atomic E-state index is 0.00539. The van der Waals surface area contributed by atoms with E-state index in [0.29, 0.717) is 19.1 Å². The SMILES string of the molecule is CCOC(=O)[C@@H]1CCCN(CCO/N=C2\CCCCC2c2ccccc2)C1. The third-order valence-corrected chi connectivity index (χ3v) is 5.59. The fourth-order valence-corrected chi connectivity index (χ4v) is 4.16. The highest BCUT2D eigenvalue weighted by Crippen LogP contribution is 2.30. The van der Waals surface area contributed by atoms with Gasteiger partial charge in [0, 0.05) is 19.0 Å². The Hall–Kier alpha value is -1.88. The van der Waals surface area contributed by atoms with Gasteiger partial charge >= 0.3 is 5.97 Å². The second-order valence-electron chi connectivity index (χ2n) is 7.52. The maximum atomic E-state index is 11.9. The zero-order chi connectivity index (χ0) is 18.9. The molecule has 1 saturated carbocycles. The van der Waals surface area contributed by atoms with Gasteiger partial charge in [0.05, 0.1) is 18.2 Å². The molecule has 0 amide bonds. The number of hydrogen-bond acceptors (Lipinski definition) is 5. The van der Waals surface area contributed by atoms with E-state index in [1.165, 1.54) is 24.1 Å². The number of carbonyl (C=O) groups is 1. The van der Waals surface area contributed by atoms with Crippen LogP contribution >= 0.6 is 0 Å². The van der Waals surface area contributed by atoms with Gasteiger partial charge in [-0.25, -0.2) is 0 Å². The van der Waals surface area contributed by atoms with Crippen molar-refractivity contribution in [3.63, 3.8) is 0 Å². The number of likely N-dealkylation sites (tertiary alicyclic amines) is 1. The molecule has 0 spiro atoms. The monoisotopic (exact) mass is 372 g/mol. The molecule has 1 unspecified atom stereocenters. The molecule has 2 atom stereocenters. The quantitative estimate of drug-likeness (QED) is 0.412. The van der Waals surface area contributed by atoms with Gasteiger partial charge in [-0.2, -0.15) is 0 Å². The highest BCUT2D eigenvalue weighted by molar-refractivity contribution is 5.91. The molecule has 1 saturated heterocycles. The van der Waals surface area contributed by atoms with Crippen LogP contribution in [0.25, 0.3) is 0 Å². The number of carbonyl (C=O) groups excluding carboxylic acids is 1. The molecular weight excluding hydrogens is 340 g/mol. The average Bonchev–Trinajstić information content (AvgIpc) is 2.72. The van der Waals surface area contributed by atoms with Gasteiger partial charge in [0.25, 0.3) is 0 Å². The maximum Gasteiger partial charge on any atom is 0.310 e. The Morgan fingerprint density at radius 1 is 1.19 bits per heavy atom. The van der Waals surface area contributed by atoms with Crippen LogP contribution in [0, 0.1) is 5.92 Å². The van der Waals surface area contributed by atoms with Crippen LogP contribution in [0.5, 0.6) is 0 Å². The summed E-state index contributed by atoms with van der Waals surface area (Å²) in [5.74, 6) is 0.338. The first-order chi connectivity index (χ1) is 13.3. The lowest BCUT2D eigenvalue weighted by Gasteiger charge is -2.31. The standard InChI is InChI=1S/C22H32N2O3/c1-2-26-22(25)19-11-8-14-24(17-19)15-16-27-23-21-13-7-6-12-20(21)18-9-4-3-5-10-18/h3-5,9-10,19-20H,2,6-8,11-17H2,1H3/b23-21+/t19-,20?/m1/s1. The summed E-state index contributed by atoms with van der Waals surface area (Å²) in [4.78, 5) is 19.9. The summed E-state index contributed by atoms with van der Waals surface area (Å²) in [6, 6.07) is 10.6. The van der Waals surface area contributed by atoms with Gasteiger partial charge in [0.2, 0.25) is 0 Å². The molecular formula is C22H32N2O3. The molecule has 1 aliphatic heterocycles. The third-order valence-electron chi connectivity index (χ3n) is 5.59. The van der Waals surface area contributed by atoms with E-state index in [9.17, 15) is 4.79 Å². The first kappa shape index (κ1) is 19.9. The van der Waals surface area contributed by atoms with E-state index in [0.717, 1.165) is 45.3 Å². The number of ether oxygens (including phenoxy) is 1. The molecule has 27 heavy (non-hydrogen) atoms. The third kappa shape index (κ3) is 5.80. The Bertz CT molecular complexity index is 617. The zero-order valence-electron chi connectivity index (χ0n) is 16.4. The van der Waals surface area contributed by atoms with Crippen LogP contribution in [0.4, 0.5) is 0 Å². The van der Waals surface area contributed by atoms with E-state index in [2.05, 4.69) is 40.4 Å². The van der Waals surface area contributed by atoms with Crippen LogP contribution in [0.15, 0.2) is 35.5 Å². The number of rotatable bonds is 7. The molecule has 1 aromatic carbocycles. The molecule has 1 aromatic rings. The second-order valence-corrected chi connectivity index (χ2v) is 7.52. The topological polar surface area (TPSA) is 51.1 Å². The Labute approximate surface area is 162 Å². The molecule has 5 heteroatoms. The van der Waals surface area contributed by atoms with Gasteiger partial charge in [-0.3, -0.25) is 9.69 Å². The molecule has 148 valence electrons. The second kappa shape index (κ2) is 10.5. The largest absolute Gasteiger partial charge is 0.466 e. The molecule has 2 aliphatic rings. The average molecular weight is 373 g/mol. The zero-order valence-corrected chi connectivity index (χ0v) is 16.4. The van der Waals surface area contributed by atoms with Crippen molar-refractivity contribution in [3.8, 4) is 0 Å². The van der Waals surface area contributed by atoms with E-state index in [4.69, 9.17) is 9.57 Å². The van der Waals surface area contributed by atoms with Crippen LogP contribution in [0.3, 0.4) is 0 Å². The van der Waals surface area contributed by atoms with Crippen molar-refractivity contribution in [3.05, 3.63) is 35.9 Å². The smallest absolute Gasteiger partial charge is 0.310 e. The van der Waals surface area contributed by atoms with Crippen LogP contribution in [-0.2, 0) is 14.4 Å². The minimum atomic E-state index is -0.0590. The molecule has 0 bridgehead atoms. The fraction of sp³-hybridized carbons (Fsp3) is 0.636. The number of hydrogen-bond donors (Lipinski definition) is 0. The molecule has 1 heterocycles. The van der Waals surface area contributed by atoms with Crippen LogP contribution in [0.2, 0.25) is 0 Å². The van der Waals surface area contributed by atoms with Crippen LogP contribution in [0.1, 0.15) is 56.9 Å². The van der Waals surface area contributed by atoms with E-state index in [1.54, 1.807) is 0 Å². The predicted octanol–water partition coefficient (Wildman–Crippen LogP) is 3.99. The molecule has 1 aliphatic carbocycles. The van der Waals surface area contributed by atoms with E-state index >= 15 is 0 Å². The number of oxime groups is 1. The van der Waals surface area contributed by atoms with Crippen molar-refractivity contribution in [2.45, 2.75) is 51.4 Å². The maximum absolute atomic E-state index is 11.9. The molecule has 0 aromatic heterocycles. The number of esters is 1. The van der Waals surface area contributed by atoms with Crippen LogP contribution < -0.4 is 0 Å². The van der Waals surface area contributed by atoms with Gasteiger partial charge in [0.15, 0.2) is 0 Å². The van der Waals surface area contributed by atoms with Crippen LogP contribution in [-0.4, -0.2) is 49.4 Å². The normalized spacial score (nSPS) is 25.3. The lowest BCUT2D eigenvalue weighted by atomic mass is 9.82. The predicted molar refractivity (Wildman–Crippen MR) is 107 cm³/mol. The summed E-state index contributed by atoms with van der Waals surface area (Å²) >= 11 is 0. The fourth-order valence-electron chi connectivity index (χ4n) is 4.16. The summed E-state index contributed by atoms with van der Waals surface area (Å²) in [5, 5.41) is 4.51. The van der Waals surface area contributed by atoms with E-state index < -0.39 is 0 Å².